The van der Waals surface area contributed by atoms with Crippen LogP contribution in [-0.2, 0) is 9.53 Å². The van der Waals surface area contributed by atoms with Crippen LogP contribution in [0.3, 0.4) is 0 Å². The number of esters is 1. The van der Waals surface area contributed by atoms with Gasteiger partial charge in [0.2, 0.25) is 0 Å². The van der Waals surface area contributed by atoms with Crippen molar-refractivity contribution in [3.63, 3.8) is 0 Å². The lowest BCUT2D eigenvalue weighted by Crippen LogP contribution is -3.00. The zero-order valence-corrected chi connectivity index (χ0v) is 23.3. The van der Waals surface area contributed by atoms with E-state index in [0.29, 0.717) is 27.8 Å². The van der Waals surface area contributed by atoms with E-state index in [9.17, 15) is 9.59 Å². The Kier molecular flexibility index (Phi) is 10.1. The van der Waals surface area contributed by atoms with Gasteiger partial charge in [0.1, 0.15) is 11.8 Å². The number of Topliss-reactive ketones (excluding diaryl/α,β-unsaturated/α-hetero) is 1. The van der Waals surface area contributed by atoms with Crippen LogP contribution in [0.4, 0.5) is 0 Å². The Morgan fingerprint density at radius 2 is 1.59 bits per heavy atom. The quantitative estimate of drug-likeness (QED) is 0.327. The highest BCUT2D eigenvalue weighted by molar-refractivity contribution is 8.14. The van der Waals surface area contributed by atoms with Gasteiger partial charge >= 0.3 is 5.97 Å². The van der Waals surface area contributed by atoms with Crippen LogP contribution in [0.5, 0.6) is 5.75 Å². The lowest BCUT2D eigenvalue weighted by atomic mass is 9.96. The summed E-state index contributed by atoms with van der Waals surface area (Å²) in [6, 6.07) is 24.6. The summed E-state index contributed by atoms with van der Waals surface area (Å²) in [5.74, 6) is 0.524. The second kappa shape index (κ2) is 13.3. The van der Waals surface area contributed by atoms with Crippen molar-refractivity contribution in [2.75, 3.05) is 19.5 Å². The van der Waals surface area contributed by atoms with Crippen molar-refractivity contribution in [2.45, 2.75) is 19.9 Å². The van der Waals surface area contributed by atoms with Gasteiger partial charge in [0.15, 0.2) is 11.0 Å². The fourth-order valence-electron chi connectivity index (χ4n) is 3.92. The number of allylic oxidation sites excluding steroid dienone is 1. The predicted octanol–water partition coefficient (Wildman–Crippen LogP) is 2.82. The molecule has 37 heavy (non-hydrogen) atoms. The molecule has 8 heteroatoms. The van der Waals surface area contributed by atoms with Gasteiger partial charge in [0.25, 0.3) is 0 Å². The normalized spacial score (nSPS) is 14.7. The number of ketones is 1. The van der Waals surface area contributed by atoms with Gasteiger partial charge in [-0.15, -0.1) is 0 Å². The Bertz CT molecular complexity index is 1290. The Hall–Kier alpha value is -3.36. The SMILES string of the molecule is CCOC(=O)C1=C(C)NC(SCC(=O)c2ccc(-c3ccccc3)cc2)=NC1c1ccc(OC)cc1.[Br-]. The molecule has 4 rings (SSSR count). The van der Waals surface area contributed by atoms with Gasteiger partial charge in [-0.1, -0.05) is 78.5 Å². The molecule has 0 amide bonds. The van der Waals surface area contributed by atoms with E-state index in [1.54, 1.807) is 14.0 Å². The van der Waals surface area contributed by atoms with Crippen molar-refractivity contribution in [1.29, 1.82) is 0 Å². The molecule has 0 aliphatic carbocycles. The molecule has 3 aromatic carbocycles. The highest BCUT2D eigenvalue weighted by Gasteiger charge is 2.30. The summed E-state index contributed by atoms with van der Waals surface area (Å²) >= 11 is 1.32. The number of hydrogen-bond donors (Lipinski definition) is 1. The molecule has 1 aliphatic heterocycles. The van der Waals surface area contributed by atoms with Crippen LogP contribution in [0.15, 0.2) is 95.1 Å². The zero-order valence-electron chi connectivity index (χ0n) is 20.9. The van der Waals surface area contributed by atoms with Gasteiger partial charge < -0.3 is 31.8 Å². The van der Waals surface area contributed by atoms with Gasteiger partial charge in [-0.3, -0.25) is 4.79 Å². The largest absolute Gasteiger partial charge is 1.00 e. The van der Waals surface area contributed by atoms with Crippen molar-refractivity contribution in [1.82, 2.24) is 5.32 Å². The van der Waals surface area contributed by atoms with Crippen molar-refractivity contribution < 1.29 is 36.0 Å². The summed E-state index contributed by atoms with van der Waals surface area (Å²) in [5.41, 5.74) is 4.76. The molecule has 1 atom stereocenters. The average Bonchev–Trinajstić information content (AvgIpc) is 2.92. The topological polar surface area (TPSA) is 77.0 Å². The Labute approximate surface area is 231 Å². The van der Waals surface area contributed by atoms with Gasteiger partial charge in [0.05, 0.1) is 25.0 Å². The molecule has 1 aliphatic rings. The zero-order chi connectivity index (χ0) is 25.5. The molecule has 6 nitrogen and oxygen atoms in total. The van der Waals surface area contributed by atoms with E-state index in [1.165, 1.54) is 11.8 Å². The van der Waals surface area contributed by atoms with E-state index in [0.717, 1.165) is 16.7 Å². The van der Waals surface area contributed by atoms with Crippen LogP contribution < -0.4 is 27.0 Å². The third-order valence-corrected chi connectivity index (χ3v) is 6.69. The van der Waals surface area contributed by atoms with Crippen LogP contribution in [0, 0.1) is 0 Å². The molecule has 3 aromatic rings. The number of aliphatic imine (C=N–C) groups is 1. The van der Waals surface area contributed by atoms with Gasteiger partial charge in [-0.05, 0) is 42.7 Å². The number of nitrogens with one attached hydrogen (secondary N) is 1. The summed E-state index contributed by atoms with van der Waals surface area (Å²) in [4.78, 5) is 30.4. The van der Waals surface area contributed by atoms with E-state index in [4.69, 9.17) is 14.5 Å². The number of thioether (sulfide) groups is 1. The second-order valence-electron chi connectivity index (χ2n) is 8.15. The molecule has 1 N–H and O–H groups in total. The average molecular weight is 581 g/mol. The predicted molar refractivity (Wildman–Crippen MR) is 144 cm³/mol. The first-order chi connectivity index (χ1) is 17.5. The number of hydrogen-bond acceptors (Lipinski definition) is 7. The highest BCUT2D eigenvalue weighted by atomic mass is 79.9. The molecular weight excluding hydrogens is 552 g/mol. The third-order valence-electron chi connectivity index (χ3n) is 5.80. The van der Waals surface area contributed by atoms with Crippen LogP contribution >= 0.6 is 11.8 Å². The van der Waals surface area contributed by atoms with E-state index < -0.39 is 12.0 Å². The number of methoxy groups -OCH3 is 1. The first-order valence-electron chi connectivity index (χ1n) is 11.7. The minimum Gasteiger partial charge on any atom is -1.00 e. The monoisotopic (exact) mass is 579 g/mol. The number of nitrogens with zero attached hydrogens (tertiary/aromatic N) is 1. The number of amidine groups is 1. The van der Waals surface area contributed by atoms with Crippen LogP contribution in [0.2, 0.25) is 0 Å². The first kappa shape index (κ1) is 28.2. The summed E-state index contributed by atoms with van der Waals surface area (Å²) in [7, 11) is 1.60. The van der Waals surface area contributed by atoms with Crippen molar-refractivity contribution in [3.8, 4) is 16.9 Å². The first-order valence-corrected chi connectivity index (χ1v) is 12.7. The molecular formula is C29H28BrN2O4S-. The number of ether oxygens (including phenoxy) is 2. The van der Waals surface area contributed by atoms with Crippen molar-refractivity contribution in [2.24, 2.45) is 4.99 Å². The molecule has 192 valence electrons. The molecule has 0 saturated carbocycles. The third kappa shape index (κ3) is 6.90. The standard InChI is InChI=1S/C29H28N2O4S.BrH/c1-4-35-28(33)26-19(2)30-29(31-27(26)23-14-16-24(34-3)17-15-23)36-18-25(32)22-12-10-21(11-13-22)20-8-6-5-7-9-20;/h5-17,27H,4,18H2,1-3H3,(H,30,31);1H/p-1. The molecule has 0 saturated heterocycles. The maximum absolute atomic E-state index is 12.9. The van der Waals surface area contributed by atoms with Crippen LogP contribution in [0.1, 0.15) is 35.8 Å². The maximum Gasteiger partial charge on any atom is 0.338 e. The van der Waals surface area contributed by atoms with E-state index >= 15 is 0 Å². The molecule has 0 bridgehead atoms. The molecule has 0 spiro atoms. The lowest BCUT2D eigenvalue weighted by Gasteiger charge is -2.25. The summed E-state index contributed by atoms with van der Waals surface area (Å²) in [6.45, 7) is 3.87. The second-order valence-corrected chi connectivity index (χ2v) is 9.11. The number of rotatable bonds is 8. The molecule has 1 heterocycles. The minimum absolute atomic E-state index is 0. The van der Waals surface area contributed by atoms with Gasteiger partial charge in [-0.2, -0.15) is 0 Å². The summed E-state index contributed by atoms with van der Waals surface area (Å²) in [6.07, 6.45) is 0. The number of carbonyl (C=O) groups is 2. The van der Waals surface area contributed by atoms with Gasteiger partial charge in [0, 0.05) is 11.3 Å². The van der Waals surface area contributed by atoms with Gasteiger partial charge in [-0.25, -0.2) is 9.79 Å². The van der Waals surface area contributed by atoms with Crippen molar-refractivity contribution >= 4 is 28.7 Å². The fourth-order valence-corrected chi connectivity index (χ4v) is 4.76. The molecule has 0 radical (unpaired) electrons. The molecule has 0 fully saturated rings. The Balaban J connectivity index is 0.00000380. The number of halogens is 1. The maximum atomic E-state index is 12.9. The van der Waals surface area contributed by atoms with Crippen LogP contribution in [-0.4, -0.2) is 36.4 Å². The molecule has 1 unspecified atom stereocenters. The summed E-state index contributed by atoms with van der Waals surface area (Å²) < 4.78 is 10.5. The van der Waals surface area contributed by atoms with E-state index in [2.05, 4.69) is 5.32 Å². The number of benzene rings is 3. The van der Waals surface area contributed by atoms with E-state index in [1.807, 2.05) is 85.8 Å². The van der Waals surface area contributed by atoms with E-state index in [-0.39, 0.29) is 35.1 Å². The molecule has 0 aromatic heterocycles. The fraction of sp³-hybridized carbons (Fsp3) is 0.207. The number of carbonyl (C=O) groups excluding carboxylic acids is 2. The highest BCUT2D eigenvalue weighted by Crippen LogP contribution is 2.34. The summed E-state index contributed by atoms with van der Waals surface area (Å²) in [5, 5.41) is 3.76. The smallest absolute Gasteiger partial charge is 0.338 e. The van der Waals surface area contributed by atoms with Crippen molar-refractivity contribution in [3.05, 3.63) is 101 Å². The minimum atomic E-state index is -0.543. The lowest BCUT2D eigenvalue weighted by molar-refractivity contribution is -0.138. The van der Waals surface area contributed by atoms with Crippen LogP contribution in [0.25, 0.3) is 11.1 Å². The Morgan fingerprint density at radius 3 is 2.22 bits per heavy atom. The Morgan fingerprint density at radius 1 is 0.946 bits per heavy atom.